The highest BCUT2D eigenvalue weighted by Crippen LogP contribution is 2.21. The summed E-state index contributed by atoms with van der Waals surface area (Å²) >= 11 is 0. The number of hydrogen-bond donors (Lipinski definition) is 2. The van der Waals surface area contributed by atoms with Crippen molar-refractivity contribution in [3.05, 3.63) is 35.0 Å². The number of aromatic amines is 1. The summed E-state index contributed by atoms with van der Waals surface area (Å²) in [5.41, 5.74) is 4.56. The van der Waals surface area contributed by atoms with E-state index in [1.807, 2.05) is 12.1 Å². The number of nitrogens with one attached hydrogen (secondary N) is 1. The molecule has 1 aromatic heterocycles. The highest BCUT2D eigenvalue weighted by atomic mass is 16.3. The van der Waals surface area contributed by atoms with Crippen molar-refractivity contribution in [1.29, 1.82) is 0 Å². The van der Waals surface area contributed by atoms with Crippen LogP contribution in [0.1, 0.15) is 16.8 Å². The van der Waals surface area contributed by atoms with Crippen molar-refractivity contribution in [2.24, 2.45) is 0 Å². The zero-order valence-electron chi connectivity index (χ0n) is 7.89. The fourth-order valence-corrected chi connectivity index (χ4v) is 1.62. The number of benzene rings is 1. The van der Waals surface area contributed by atoms with Gasteiger partial charge in [0.25, 0.3) is 0 Å². The first-order valence-corrected chi connectivity index (χ1v) is 4.41. The molecule has 0 aliphatic carbocycles. The van der Waals surface area contributed by atoms with Gasteiger partial charge >= 0.3 is 0 Å². The smallest absolute Gasteiger partial charge is 0.0682 e. The van der Waals surface area contributed by atoms with Crippen LogP contribution in [0.15, 0.2) is 18.2 Å². The Morgan fingerprint density at radius 3 is 2.77 bits per heavy atom. The van der Waals surface area contributed by atoms with E-state index in [-0.39, 0.29) is 6.61 Å². The Balaban J connectivity index is 2.73. The third-order valence-electron chi connectivity index (χ3n) is 2.56. The van der Waals surface area contributed by atoms with Gasteiger partial charge in [0.15, 0.2) is 0 Å². The Hall–Kier alpha value is -1.28. The van der Waals surface area contributed by atoms with E-state index in [0.717, 1.165) is 11.1 Å². The molecule has 2 nitrogen and oxygen atoms in total. The lowest BCUT2D eigenvalue weighted by atomic mass is 10.1. The minimum absolute atomic E-state index is 0.104. The van der Waals surface area contributed by atoms with Gasteiger partial charge in [0.05, 0.1) is 6.61 Å². The number of rotatable bonds is 1. The van der Waals surface area contributed by atoms with Crippen LogP contribution in [0.3, 0.4) is 0 Å². The van der Waals surface area contributed by atoms with Crippen LogP contribution in [0.5, 0.6) is 0 Å². The second-order valence-corrected chi connectivity index (χ2v) is 3.41. The summed E-state index contributed by atoms with van der Waals surface area (Å²) < 4.78 is 0. The van der Waals surface area contributed by atoms with Crippen LogP contribution in [0.4, 0.5) is 0 Å². The molecule has 0 aliphatic rings. The van der Waals surface area contributed by atoms with Crippen molar-refractivity contribution in [2.45, 2.75) is 20.5 Å². The summed E-state index contributed by atoms with van der Waals surface area (Å²) in [4.78, 5) is 3.29. The van der Waals surface area contributed by atoms with Gasteiger partial charge in [0.1, 0.15) is 0 Å². The summed E-state index contributed by atoms with van der Waals surface area (Å²) in [5, 5.41) is 10.2. The van der Waals surface area contributed by atoms with Crippen molar-refractivity contribution in [1.82, 2.24) is 4.98 Å². The van der Waals surface area contributed by atoms with Crippen LogP contribution in [0, 0.1) is 13.8 Å². The van der Waals surface area contributed by atoms with Gasteiger partial charge in [-0.3, -0.25) is 0 Å². The van der Waals surface area contributed by atoms with Gasteiger partial charge in [-0.15, -0.1) is 0 Å². The lowest BCUT2D eigenvalue weighted by Crippen LogP contribution is -1.81. The van der Waals surface area contributed by atoms with E-state index in [1.165, 1.54) is 16.6 Å². The van der Waals surface area contributed by atoms with E-state index >= 15 is 0 Å². The number of aryl methyl sites for hydroxylation is 2. The van der Waals surface area contributed by atoms with E-state index in [0.29, 0.717) is 0 Å². The zero-order valence-corrected chi connectivity index (χ0v) is 7.89. The molecule has 2 heteroatoms. The molecule has 1 heterocycles. The highest BCUT2D eigenvalue weighted by Gasteiger charge is 2.03. The fourth-order valence-electron chi connectivity index (χ4n) is 1.62. The SMILES string of the molecule is Cc1[nH]c2cc(CO)ccc2c1C. The molecular formula is C11H13NO. The Kier molecular flexibility index (Phi) is 1.85. The molecule has 0 amide bonds. The predicted octanol–water partition coefficient (Wildman–Crippen LogP) is 2.28. The first kappa shape index (κ1) is 8.32. The molecule has 2 aromatic rings. The maximum Gasteiger partial charge on any atom is 0.0682 e. The van der Waals surface area contributed by atoms with Crippen LogP contribution in [0.25, 0.3) is 10.9 Å². The number of hydrogen-bond acceptors (Lipinski definition) is 1. The van der Waals surface area contributed by atoms with Gasteiger partial charge < -0.3 is 10.1 Å². The first-order valence-electron chi connectivity index (χ1n) is 4.41. The summed E-state index contributed by atoms with van der Waals surface area (Å²) in [5.74, 6) is 0. The average molecular weight is 175 g/mol. The number of H-pyrrole nitrogens is 1. The zero-order chi connectivity index (χ0) is 9.42. The first-order chi connectivity index (χ1) is 6.22. The fraction of sp³-hybridized carbons (Fsp3) is 0.273. The third-order valence-corrected chi connectivity index (χ3v) is 2.56. The monoisotopic (exact) mass is 175 g/mol. The van der Waals surface area contributed by atoms with Gasteiger partial charge in [-0.1, -0.05) is 12.1 Å². The summed E-state index contributed by atoms with van der Waals surface area (Å²) in [6.07, 6.45) is 0. The van der Waals surface area contributed by atoms with Gasteiger partial charge in [-0.05, 0) is 31.0 Å². The molecule has 0 radical (unpaired) electrons. The molecule has 0 spiro atoms. The second-order valence-electron chi connectivity index (χ2n) is 3.41. The Morgan fingerprint density at radius 1 is 1.31 bits per heavy atom. The van der Waals surface area contributed by atoms with E-state index in [2.05, 4.69) is 24.9 Å². The molecule has 0 atom stereocenters. The minimum atomic E-state index is 0.104. The predicted molar refractivity (Wildman–Crippen MR) is 53.7 cm³/mol. The van der Waals surface area contributed by atoms with Gasteiger partial charge in [-0.25, -0.2) is 0 Å². The Morgan fingerprint density at radius 2 is 2.08 bits per heavy atom. The van der Waals surface area contributed by atoms with Crippen LogP contribution in [0.2, 0.25) is 0 Å². The Labute approximate surface area is 77.2 Å². The van der Waals surface area contributed by atoms with E-state index < -0.39 is 0 Å². The maximum atomic E-state index is 8.96. The lowest BCUT2D eigenvalue weighted by Gasteiger charge is -1.95. The van der Waals surface area contributed by atoms with Crippen LogP contribution in [-0.2, 0) is 6.61 Å². The van der Waals surface area contributed by atoms with Crippen LogP contribution >= 0.6 is 0 Å². The third kappa shape index (κ3) is 1.23. The Bertz CT molecular complexity index is 443. The summed E-state index contributed by atoms with van der Waals surface area (Å²) in [6, 6.07) is 6.01. The molecule has 1 aromatic carbocycles. The molecule has 0 saturated carbocycles. The standard InChI is InChI=1S/C11H13NO/c1-7-8(2)12-11-5-9(6-13)3-4-10(7)11/h3-5,12-13H,6H2,1-2H3. The normalized spacial score (nSPS) is 11.0. The molecule has 2 rings (SSSR count). The van der Waals surface area contributed by atoms with E-state index in [1.54, 1.807) is 0 Å². The molecular weight excluding hydrogens is 162 g/mol. The second kappa shape index (κ2) is 2.89. The van der Waals surface area contributed by atoms with Gasteiger partial charge in [0.2, 0.25) is 0 Å². The van der Waals surface area contributed by atoms with Crippen molar-refractivity contribution in [3.8, 4) is 0 Å². The van der Waals surface area contributed by atoms with Gasteiger partial charge in [-0.2, -0.15) is 0 Å². The molecule has 2 N–H and O–H groups in total. The van der Waals surface area contributed by atoms with Crippen molar-refractivity contribution < 1.29 is 5.11 Å². The highest BCUT2D eigenvalue weighted by molar-refractivity contribution is 5.84. The molecule has 13 heavy (non-hydrogen) atoms. The molecule has 0 bridgehead atoms. The number of aromatic nitrogens is 1. The minimum Gasteiger partial charge on any atom is -0.392 e. The summed E-state index contributed by atoms with van der Waals surface area (Å²) in [7, 11) is 0. The van der Waals surface area contributed by atoms with Crippen molar-refractivity contribution in [2.75, 3.05) is 0 Å². The van der Waals surface area contributed by atoms with Crippen molar-refractivity contribution >= 4 is 10.9 Å². The largest absolute Gasteiger partial charge is 0.392 e. The van der Waals surface area contributed by atoms with E-state index in [4.69, 9.17) is 5.11 Å². The molecule has 0 saturated heterocycles. The molecule has 0 unspecified atom stereocenters. The molecule has 68 valence electrons. The summed E-state index contributed by atoms with van der Waals surface area (Å²) in [6.45, 7) is 4.27. The van der Waals surface area contributed by atoms with Crippen molar-refractivity contribution in [3.63, 3.8) is 0 Å². The maximum absolute atomic E-state index is 8.96. The van der Waals surface area contributed by atoms with Gasteiger partial charge in [0, 0.05) is 16.6 Å². The lowest BCUT2D eigenvalue weighted by molar-refractivity contribution is 0.282. The van der Waals surface area contributed by atoms with Crippen LogP contribution < -0.4 is 0 Å². The topological polar surface area (TPSA) is 36.0 Å². The average Bonchev–Trinajstić information content (AvgIpc) is 2.42. The number of fused-ring (bicyclic) bond motifs is 1. The molecule has 0 aliphatic heterocycles. The van der Waals surface area contributed by atoms with E-state index in [9.17, 15) is 0 Å². The quantitative estimate of drug-likeness (QED) is 0.685. The number of aliphatic hydroxyl groups is 1. The number of aliphatic hydroxyl groups excluding tert-OH is 1. The molecule has 0 fully saturated rings. The van der Waals surface area contributed by atoms with Crippen LogP contribution in [-0.4, -0.2) is 10.1 Å².